The first-order valence-corrected chi connectivity index (χ1v) is 11.3. The molecule has 1 unspecified atom stereocenters. The third-order valence-corrected chi connectivity index (χ3v) is 5.58. The van der Waals surface area contributed by atoms with Crippen molar-refractivity contribution >= 4 is 23.4 Å². The smallest absolute Gasteiger partial charge is 0.251 e. The fourth-order valence-corrected chi connectivity index (χ4v) is 3.79. The van der Waals surface area contributed by atoms with Gasteiger partial charge in [0, 0.05) is 23.6 Å². The van der Waals surface area contributed by atoms with Crippen LogP contribution in [0.3, 0.4) is 0 Å². The van der Waals surface area contributed by atoms with Crippen molar-refractivity contribution in [1.82, 2.24) is 30.8 Å². The highest BCUT2D eigenvalue weighted by molar-refractivity contribution is 6.30. The second-order valence-electron chi connectivity index (χ2n) is 7.79. The van der Waals surface area contributed by atoms with Crippen LogP contribution in [0.4, 0.5) is 4.39 Å². The third kappa shape index (κ3) is 6.48. The van der Waals surface area contributed by atoms with Gasteiger partial charge in [-0.1, -0.05) is 41.9 Å². The van der Waals surface area contributed by atoms with Crippen molar-refractivity contribution in [2.75, 3.05) is 6.54 Å². The van der Waals surface area contributed by atoms with Crippen molar-refractivity contribution in [3.8, 4) is 5.69 Å². The maximum Gasteiger partial charge on any atom is 0.251 e. The lowest BCUT2D eigenvalue weighted by molar-refractivity contribution is -0.122. The van der Waals surface area contributed by atoms with Gasteiger partial charge in [0.25, 0.3) is 5.91 Å². The number of halogens is 2. The fraction of sp³-hybridized carbons (Fsp3) is 0.160. The van der Waals surface area contributed by atoms with Crippen molar-refractivity contribution in [2.45, 2.75) is 18.9 Å². The summed E-state index contributed by atoms with van der Waals surface area (Å²) in [5.41, 5.74) is 2.75. The molecule has 0 saturated heterocycles. The molecule has 1 atom stereocenters. The van der Waals surface area contributed by atoms with Crippen molar-refractivity contribution < 1.29 is 14.0 Å². The van der Waals surface area contributed by atoms with Gasteiger partial charge in [-0.2, -0.15) is 0 Å². The summed E-state index contributed by atoms with van der Waals surface area (Å²) in [5.74, 6) is -1.24. The molecule has 35 heavy (non-hydrogen) atoms. The molecule has 10 heteroatoms. The van der Waals surface area contributed by atoms with Crippen molar-refractivity contribution in [3.05, 3.63) is 107 Å². The van der Waals surface area contributed by atoms with E-state index in [9.17, 15) is 14.0 Å². The molecule has 0 spiro atoms. The molecule has 1 heterocycles. The van der Waals surface area contributed by atoms with E-state index in [1.54, 1.807) is 18.2 Å². The van der Waals surface area contributed by atoms with Crippen LogP contribution in [0.5, 0.6) is 0 Å². The van der Waals surface area contributed by atoms with Gasteiger partial charge in [0.1, 0.15) is 18.2 Å². The average Bonchev–Trinajstić information content (AvgIpc) is 3.39. The van der Waals surface area contributed by atoms with Crippen LogP contribution in [-0.2, 0) is 17.6 Å². The van der Waals surface area contributed by atoms with Gasteiger partial charge in [0.2, 0.25) is 5.91 Å². The maximum atomic E-state index is 13.2. The Labute approximate surface area is 206 Å². The van der Waals surface area contributed by atoms with Crippen LogP contribution in [0.15, 0.2) is 79.1 Å². The monoisotopic (exact) mass is 492 g/mol. The zero-order chi connectivity index (χ0) is 24.6. The second-order valence-corrected chi connectivity index (χ2v) is 8.23. The molecule has 2 amide bonds. The lowest BCUT2D eigenvalue weighted by Gasteiger charge is -2.19. The molecular formula is C25H22ClFN6O2. The van der Waals surface area contributed by atoms with E-state index in [1.807, 2.05) is 30.3 Å². The Morgan fingerprint density at radius 3 is 2.51 bits per heavy atom. The summed E-state index contributed by atoms with van der Waals surface area (Å²) in [6, 6.07) is 19.0. The van der Waals surface area contributed by atoms with E-state index in [1.165, 1.54) is 35.3 Å². The van der Waals surface area contributed by atoms with Gasteiger partial charge in [0.15, 0.2) is 0 Å². The fourth-order valence-electron chi connectivity index (χ4n) is 3.59. The van der Waals surface area contributed by atoms with Crippen molar-refractivity contribution in [1.29, 1.82) is 0 Å². The number of rotatable bonds is 9. The zero-order valence-corrected chi connectivity index (χ0v) is 19.3. The Bertz CT molecular complexity index is 1280. The van der Waals surface area contributed by atoms with Gasteiger partial charge in [-0.15, -0.1) is 5.10 Å². The Kier molecular flexibility index (Phi) is 7.79. The lowest BCUT2D eigenvalue weighted by Crippen LogP contribution is -2.48. The Hall–Kier alpha value is -4.11. The van der Waals surface area contributed by atoms with Gasteiger partial charge in [-0.25, -0.2) is 9.07 Å². The number of nitrogens with zero attached hydrogens (tertiary/aromatic N) is 4. The third-order valence-electron chi connectivity index (χ3n) is 5.34. The van der Waals surface area contributed by atoms with Gasteiger partial charge < -0.3 is 10.6 Å². The summed E-state index contributed by atoms with van der Waals surface area (Å²) < 4.78 is 14.8. The van der Waals surface area contributed by atoms with Crippen molar-refractivity contribution in [3.63, 3.8) is 0 Å². The second kappa shape index (κ2) is 11.3. The summed E-state index contributed by atoms with van der Waals surface area (Å²) in [6.45, 7) is 0.298. The van der Waals surface area contributed by atoms with Crippen LogP contribution in [0.25, 0.3) is 5.69 Å². The molecule has 0 aliphatic heterocycles. The molecular weight excluding hydrogens is 471 g/mol. The Morgan fingerprint density at radius 2 is 1.80 bits per heavy atom. The number of hydrogen-bond acceptors (Lipinski definition) is 5. The van der Waals surface area contributed by atoms with Crippen LogP contribution in [0.2, 0.25) is 5.02 Å². The first-order chi connectivity index (χ1) is 17.0. The van der Waals surface area contributed by atoms with Crippen LogP contribution >= 0.6 is 11.6 Å². The average molecular weight is 493 g/mol. The standard InChI is InChI=1S/C25H22ClFN6O2/c26-20-8-11-23(33-16-29-31-32-33)19(15-20)12-13-28-25(35)22(14-17-4-2-1-3-5-17)30-24(34)18-6-9-21(27)10-7-18/h1-11,15-16,22H,12-14H2,(H,28,35)(H,30,34). The number of tetrazole rings is 1. The van der Waals surface area contributed by atoms with Gasteiger partial charge in [-0.05, 0) is 70.4 Å². The van der Waals surface area contributed by atoms with Crippen LogP contribution < -0.4 is 10.6 Å². The molecule has 0 saturated carbocycles. The number of carbonyl (C=O) groups is 2. The van der Waals surface area contributed by atoms with Crippen LogP contribution in [0, 0.1) is 5.82 Å². The largest absolute Gasteiger partial charge is 0.354 e. The number of carbonyl (C=O) groups excluding carboxylic acids is 2. The number of benzene rings is 3. The normalized spacial score (nSPS) is 11.6. The highest BCUT2D eigenvalue weighted by Crippen LogP contribution is 2.19. The van der Waals surface area contributed by atoms with Gasteiger partial charge in [0.05, 0.1) is 5.69 Å². The summed E-state index contributed by atoms with van der Waals surface area (Å²) in [4.78, 5) is 25.8. The minimum atomic E-state index is -0.826. The maximum absolute atomic E-state index is 13.2. The van der Waals surface area contributed by atoms with E-state index in [4.69, 9.17) is 11.6 Å². The number of amides is 2. The SMILES string of the molecule is O=C(NC(Cc1ccccc1)C(=O)NCCc1cc(Cl)ccc1-n1cnnn1)c1ccc(F)cc1. The minimum Gasteiger partial charge on any atom is -0.354 e. The molecule has 4 aromatic rings. The molecule has 0 aliphatic rings. The van der Waals surface area contributed by atoms with Gasteiger partial charge >= 0.3 is 0 Å². The predicted molar refractivity (Wildman–Crippen MR) is 129 cm³/mol. The number of hydrogen-bond donors (Lipinski definition) is 2. The molecule has 8 nitrogen and oxygen atoms in total. The molecule has 0 bridgehead atoms. The Balaban J connectivity index is 1.45. The van der Waals surface area contributed by atoms with E-state index < -0.39 is 17.8 Å². The summed E-state index contributed by atoms with van der Waals surface area (Å²) in [5, 5.41) is 17.4. The Morgan fingerprint density at radius 1 is 1.03 bits per heavy atom. The molecule has 178 valence electrons. The lowest BCUT2D eigenvalue weighted by atomic mass is 10.0. The van der Waals surface area contributed by atoms with E-state index in [0.29, 0.717) is 24.4 Å². The van der Waals surface area contributed by atoms with Gasteiger partial charge in [-0.3, -0.25) is 9.59 Å². The van der Waals surface area contributed by atoms with Crippen molar-refractivity contribution in [2.24, 2.45) is 0 Å². The quantitative estimate of drug-likeness (QED) is 0.374. The first kappa shape index (κ1) is 24.0. The molecule has 0 fully saturated rings. The topological polar surface area (TPSA) is 102 Å². The summed E-state index contributed by atoms with van der Waals surface area (Å²) in [6.07, 6.45) is 2.24. The molecule has 2 N–H and O–H groups in total. The van der Waals surface area contributed by atoms with E-state index in [0.717, 1.165) is 16.8 Å². The highest BCUT2D eigenvalue weighted by Gasteiger charge is 2.22. The summed E-state index contributed by atoms with van der Waals surface area (Å²) >= 11 is 6.17. The molecule has 0 radical (unpaired) electrons. The molecule has 3 aromatic carbocycles. The number of nitrogens with one attached hydrogen (secondary N) is 2. The molecule has 4 rings (SSSR count). The molecule has 0 aliphatic carbocycles. The van der Waals surface area contributed by atoms with Crippen LogP contribution in [0.1, 0.15) is 21.5 Å². The van der Waals surface area contributed by atoms with E-state index in [-0.39, 0.29) is 11.5 Å². The first-order valence-electron chi connectivity index (χ1n) is 10.9. The van der Waals surface area contributed by atoms with E-state index in [2.05, 4.69) is 26.2 Å². The summed E-state index contributed by atoms with van der Waals surface area (Å²) in [7, 11) is 0. The molecule has 1 aromatic heterocycles. The van der Waals surface area contributed by atoms with Crippen LogP contribution in [-0.4, -0.2) is 44.6 Å². The van der Waals surface area contributed by atoms with E-state index >= 15 is 0 Å². The highest BCUT2D eigenvalue weighted by atomic mass is 35.5. The number of aromatic nitrogens is 4. The zero-order valence-electron chi connectivity index (χ0n) is 18.6. The predicted octanol–water partition coefficient (Wildman–Crippen LogP) is 3.15. The minimum absolute atomic E-state index is 0.266.